The van der Waals surface area contributed by atoms with Crippen LogP contribution in [0.15, 0.2) is 4.99 Å². The first kappa shape index (κ1) is 30.9. The summed E-state index contributed by atoms with van der Waals surface area (Å²) in [5, 5.41) is 34.4. The average Bonchev–Trinajstić information content (AvgIpc) is 2.74. The lowest BCUT2D eigenvalue weighted by Crippen LogP contribution is -2.58. The third-order valence-corrected chi connectivity index (χ3v) is 4.84. The first-order chi connectivity index (χ1) is 15.8. The topological polar surface area (TPSA) is 273 Å². The Morgan fingerprint density at radius 3 is 1.85 bits per heavy atom. The Morgan fingerprint density at radius 1 is 0.912 bits per heavy atom. The lowest BCUT2D eigenvalue weighted by atomic mass is 10.1. The van der Waals surface area contributed by atoms with Gasteiger partial charge in [0.25, 0.3) is 0 Å². The standard InChI is InChI=1S/C18H33N7O8S/c1-8(26)13(19)16(31)24-10(4-5-12(27)28)15(30)23-9(3-2-6-22-18(20)21)14(29)25-11(7-34)17(32)33/h8-11,13,26,34H,2-7,19H2,1H3,(H,23,30)(H,24,31)(H,25,29)(H,27,28)(H,32,33)(H4,20,21,22). The van der Waals surface area contributed by atoms with E-state index in [9.17, 15) is 29.1 Å². The number of guanidine groups is 1. The molecule has 0 radical (unpaired) electrons. The number of rotatable bonds is 16. The van der Waals surface area contributed by atoms with Crippen LogP contribution in [0.3, 0.4) is 0 Å². The molecular weight excluding hydrogens is 474 g/mol. The fraction of sp³-hybridized carbons (Fsp3) is 0.667. The van der Waals surface area contributed by atoms with E-state index in [1.54, 1.807) is 0 Å². The minimum Gasteiger partial charge on any atom is -0.481 e. The number of nitrogens with two attached hydrogens (primary N) is 3. The van der Waals surface area contributed by atoms with Crippen LogP contribution in [0.2, 0.25) is 0 Å². The van der Waals surface area contributed by atoms with Crippen LogP contribution in [0.4, 0.5) is 0 Å². The molecule has 0 spiro atoms. The van der Waals surface area contributed by atoms with Crippen LogP contribution in [-0.4, -0.2) is 93.5 Å². The normalized spacial score (nSPS) is 15.1. The molecule has 12 N–H and O–H groups in total. The molecular formula is C18H33N7O8S. The van der Waals surface area contributed by atoms with Crippen molar-refractivity contribution in [3.63, 3.8) is 0 Å². The Morgan fingerprint density at radius 2 is 1.41 bits per heavy atom. The number of aliphatic hydroxyl groups is 1. The van der Waals surface area contributed by atoms with E-state index < -0.39 is 66.4 Å². The molecule has 5 atom stereocenters. The van der Waals surface area contributed by atoms with Crippen molar-refractivity contribution in [1.29, 1.82) is 0 Å². The largest absolute Gasteiger partial charge is 0.481 e. The Labute approximate surface area is 201 Å². The molecule has 0 saturated heterocycles. The summed E-state index contributed by atoms with van der Waals surface area (Å²) in [6.07, 6.45) is -1.87. The summed E-state index contributed by atoms with van der Waals surface area (Å²) < 4.78 is 0. The number of hydrogen-bond acceptors (Lipinski definition) is 9. The van der Waals surface area contributed by atoms with Crippen molar-refractivity contribution in [2.45, 2.75) is 62.9 Å². The summed E-state index contributed by atoms with van der Waals surface area (Å²) in [4.78, 5) is 63.6. The predicted molar refractivity (Wildman–Crippen MR) is 124 cm³/mol. The fourth-order valence-electron chi connectivity index (χ4n) is 2.53. The second-order valence-electron chi connectivity index (χ2n) is 7.35. The summed E-state index contributed by atoms with van der Waals surface area (Å²) in [6.45, 7) is 1.37. The van der Waals surface area contributed by atoms with Crippen molar-refractivity contribution in [2.75, 3.05) is 12.3 Å². The highest BCUT2D eigenvalue weighted by Gasteiger charge is 2.30. The van der Waals surface area contributed by atoms with E-state index in [4.69, 9.17) is 27.4 Å². The molecule has 0 aromatic heterocycles. The zero-order chi connectivity index (χ0) is 26.4. The van der Waals surface area contributed by atoms with Crippen molar-refractivity contribution < 1.29 is 39.3 Å². The average molecular weight is 508 g/mol. The second kappa shape index (κ2) is 15.7. The van der Waals surface area contributed by atoms with Gasteiger partial charge in [-0.15, -0.1) is 0 Å². The van der Waals surface area contributed by atoms with Gasteiger partial charge in [0, 0.05) is 18.7 Å². The Balaban J connectivity index is 5.59. The third-order valence-electron chi connectivity index (χ3n) is 4.48. The first-order valence-corrected chi connectivity index (χ1v) is 10.9. The summed E-state index contributed by atoms with van der Waals surface area (Å²) in [5.74, 6) is -5.64. The lowest BCUT2D eigenvalue weighted by molar-refractivity contribution is -0.141. The zero-order valence-corrected chi connectivity index (χ0v) is 19.5. The number of carbonyl (C=O) groups is 5. The number of carboxylic acids is 2. The molecule has 0 fully saturated rings. The molecule has 0 heterocycles. The van der Waals surface area contributed by atoms with Crippen molar-refractivity contribution >= 4 is 48.2 Å². The van der Waals surface area contributed by atoms with Crippen LogP contribution in [0.25, 0.3) is 0 Å². The number of carbonyl (C=O) groups excluding carboxylic acids is 3. The summed E-state index contributed by atoms with van der Waals surface area (Å²) in [7, 11) is 0. The number of nitrogens with one attached hydrogen (secondary N) is 3. The molecule has 0 bridgehead atoms. The van der Waals surface area contributed by atoms with Gasteiger partial charge in [0.15, 0.2) is 5.96 Å². The van der Waals surface area contributed by atoms with Crippen LogP contribution >= 0.6 is 12.6 Å². The molecule has 0 aliphatic rings. The molecule has 0 rings (SSSR count). The van der Waals surface area contributed by atoms with Crippen molar-refractivity contribution in [3.8, 4) is 0 Å². The highest BCUT2D eigenvalue weighted by atomic mass is 32.1. The highest BCUT2D eigenvalue weighted by Crippen LogP contribution is 2.05. The summed E-state index contributed by atoms with van der Waals surface area (Å²) >= 11 is 3.86. The zero-order valence-electron chi connectivity index (χ0n) is 18.6. The highest BCUT2D eigenvalue weighted by molar-refractivity contribution is 7.80. The Hall–Kier alpha value is -3.11. The van der Waals surface area contributed by atoms with Crippen molar-refractivity contribution in [2.24, 2.45) is 22.2 Å². The van der Waals surface area contributed by atoms with Gasteiger partial charge in [-0.05, 0) is 26.2 Å². The van der Waals surface area contributed by atoms with Gasteiger partial charge in [0.05, 0.1) is 6.10 Å². The maximum Gasteiger partial charge on any atom is 0.327 e. The monoisotopic (exact) mass is 507 g/mol. The van der Waals surface area contributed by atoms with Crippen molar-refractivity contribution in [1.82, 2.24) is 16.0 Å². The minimum absolute atomic E-state index is 0.0138. The number of carboxylic acid groups (broad SMARTS) is 2. The quantitative estimate of drug-likeness (QED) is 0.0417. The van der Waals surface area contributed by atoms with Crippen LogP contribution < -0.4 is 33.2 Å². The molecule has 0 aliphatic carbocycles. The molecule has 16 heteroatoms. The smallest absolute Gasteiger partial charge is 0.327 e. The number of aliphatic hydroxyl groups excluding tert-OH is 1. The molecule has 34 heavy (non-hydrogen) atoms. The van der Waals surface area contributed by atoms with Crippen LogP contribution in [0, 0.1) is 0 Å². The predicted octanol–water partition coefficient (Wildman–Crippen LogP) is -3.92. The van der Waals surface area contributed by atoms with E-state index >= 15 is 0 Å². The van der Waals surface area contributed by atoms with E-state index in [0.29, 0.717) is 0 Å². The molecule has 0 aromatic rings. The molecule has 0 saturated carbocycles. The molecule has 0 aliphatic heterocycles. The van der Waals surface area contributed by atoms with E-state index in [2.05, 4.69) is 33.6 Å². The maximum absolute atomic E-state index is 12.8. The Kier molecular flexibility index (Phi) is 14.2. The molecule has 194 valence electrons. The number of aliphatic imine (C=N–C) groups is 1. The number of aliphatic carboxylic acids is 2. The molecule has 15 nitrogen and oxygen atoms in total. The van der Waals surface area contributed by atoms with Gasteiger partial charge in [-0.1, -0.05) is 0 Å². The maximum atomic E-state index is 12.8. The van der Waals surface area contributed by atoms with E-state index in [-0.39, 0.29) is 37.5 Å². The minimum atomic E-state index is -1.40. The number of thiol groups is 1. The lowest BCUT2D eigenvalue weighted by Gasteiger charge is -2.25. The van der Waals surface area contributed by atoms with E-state index in [1.807, 2.05) is 0 Å². The van der Waals surface area contributed by atoms with Gasteiger partial charge in [-0.2, -0.15) is 12.6 Å². The van der Waals surface area contributed by atoms with Gasteiger partial charge in [0.1, 0.15) is 24.2 Å². The second-order valence-corrected chi connectivity index (χ2v) is 7.72. The van der Waals surface area contributed by atoms with Crippen LogP contribution in [0.1, 0.15) is 32.6 Å². The van der Waals surface area contributed by atoms with Gasteiger partial charge in [0.2, 0.25) is 17.7 Å². The summed E-state index contributed by atoms with van der Waals surface area (Å²) in [5.41, 5.74) is 16.0. The number of amides is 3. The van der Waals surface area contributed by atoms with Crippen LogP contribution in [-0.2, 0) is 24.0 Å². The molecule has 5 unspecified atom stereocenters. The van der Waals surface area contributed by atoms with E-state index in [1.165, 1.54) is 6.92 Å². The van der Waals surface area contributed by atoms with Gasteiger partial charge < -0.3 is 48.5 Å². The third kappa shape index (κ3) is 12.2. The number of nitrogens with zero attached hydrogens (tertiary/aromatic N) is 1. The van der Waals surface area contributed by atoms with Gasteiger partial charge in [-0.25, -0.2) is 4.79 Å². The van der Waals surface area contributed by atoms with Crippen molar-refractivity contribution in [3.05, 3.63) is 0 Å². The van der Waals surface area contributed by atoms with E-state index in [0.717, 1.165) is 0 Å². The SMILES string of the molecule is CC(O)C(N)C(=O)NC(CCC(=O)O)C(=O)NC(CCCN=C(N)N)C(=O)NC(CS)C(=O)O. The molecule has 3 amide bonds. The summed E-state index contributed by atoms with van der Waals surface area (Å²) in [6, 6.07) is -5.38. The first-order valence-electron chi connectivity index (χ1n) is 10.3. The van der Waals surface area contributed by atoms with Gasteiger partial charge in [-0.3, -0.25) is 24.2 Å². The van der Waals surface area contributed by atoms with Gasteiger partial charge >= 0.3 is 11.9 Å². The van der Waals surface area contributed by atoms with Crippen LogP contribution in [0.5, 0.6) is 0 Å². The fourth-order valence-corrected chi connectivity index (χ4v) is 2.77. The number of hydrogen-bond donors (Lipinski definition) is 10. The molecule has 0 aromatic carbocycles. The Bertz CT molecular complexity index is 761.